The number of nitrogens with one attached hydrogen (secondary N) is 2. The summed E-state index contributed by atoms with van der Waals surface area (Å²) in [6, 6.07) is 12.3. The number of nitrogens with two attached hydrogens (primary N) is 1. The van der Waals surface area contributed by atoms with Crippen LogP contribution in [0.15, 0.2) is 47.4 Å². The SMILES string of the molecule is CN(CCCC(=O)NCC#Cc1cn([C@H]2CC[C@@H](COP(=O)(O)OP(=O)(O)OP(=O)(O)O)O2)c2nc(N)[nH]c(=O)c12)c1ccc2nc3ccc(=[N+](C)C)cc-3sc2c1. The number of nitrogen functional groups attached to an aromatic ring is 1. The first kappa shape index (κ1) is 43.3. The quantitative estimate of drug-likeness (QED) is 0.0365. The molecule has 310 valence electrons. The smallest absolute Gasteiger partial charge is 0.375 e. The lowest BCUT2D eigenvalue weighted by Crippen LogP contribution is -2.25. The molecule has 4 heterocycles. The van der Waals surface area contributed by atoms with Gasteiger partial charge in [-0.05, 0) is 43.5 Å². The number of aromatic amines is 1. The summed E-state index contributed by atoms with van der Waals surface area (Å²) in [7, 11) is -10.6. The molecular weight excluding hydrogens is 841 g/mol. The van der Waals surface area contributed by atoms with E-state index in [1.165, 1.54) is 10.8 Å². The van der Waals surface area contributed by atoms with Crippen molar-refractivity contribution in [3.05, 3.63) is 63.9 Å². The van der Waals surface area contributed by atoms with Crippen LogP contribution in [0.1, 0.15) is 37.5 Å². The van der Waals surface area contributed by atoms with Crippen LogP contribution in [0.4, 0.5) is 11.6 Å². The van der Waals surface area contributed by atoms with Crippen LogP contribution in [0.2, 0.25) is 0 Å². The average molecular weight is 882 g/mol. The summed E-state index contributed by atoms with van der Waals surface area (Å²) in [4.78, 5) is 76.8. The maximum atomic E-state index is 12.9. The van der Waals surface area contributed by atoms with E-state index < -0.39 is 48.0 Å². The van der Waals surface area contributed by atoms with Crippen LogP contribution in [0.3, 0.4) is 0 Å². The monoisotopic (exact) mass is 881 g/mol. The Bertz CT molecular complexity index is 2680. The number of H-pyrrole nitrogens is 1. The van der Waals surface area contributed by atoms with Gasteiger partial charge in [0.2, 0.25) is 17.2 Å². The number of phosphoric acid groups is 3. The molecule has 3 aromatic rings. The summed E-state index contributed by atoms with van der Waals surface area (Å²) in [6.07, 6.45) is 1.21. The van der Waals surface area contributed by atoms with Crippen LogP contribution in [-0.2, 0) is 36.4 Å². The minimum Gasteiger partial charge on any atom is -0.375 e. The normalized spacial score (nSPS) is 17.8. The van der Waals surface area contributed by atoms with E-state index in [0.717, 1.165) is 31.8 Å². The van der Waals surface area contributed by atoms with E-state index >= 15 is 0 Å². The van der Waals surface area contributed by atoms with Crippen LogP contribution in [0.5, 0.6) is 0 Å². The van der Waals surface area contributed by atoms with Crippen molar-refractivity contribution in [3.63, 3.8) is 0 Å². The molecule has 2 aliphatic heterocycles. The molecule has 3 aliphatic rings. The highest BCUT2D eigenvalue weighted by atomic mass is 32.1. The van der Waals surface area contributed by atoms with Crippen LogP contribution < -0.4 is 31.4 Å². The Hall–Kier alpha value is -4.32. The summed E-state index contributed by atoms with van der Waals surface area (Å²) in [5, 5.41) is 3.97. The van der Waals surface area contributed by atoms with Crippen LogP contribution in [0, 0.1) is 11.8 Å². The second-order valence-electron chi connectivity index (χ2n) is 13.3. The number of carbonyl (C=O) groups is 1. The summed E-state index contributed by atoms with van der Waals surface area (Å²) in [6.45, 7) is -0.0236. The highest BCUT2D eigenvalue weighted by Crippen LogP contribution is 2.66. The van der Waals surface area contributed by atoms with E-state index in [-0.39, 0.29) is 54.3 Å². The second-order valence-corrected chi connectivity index (χ2v) is 18.8. The van der Waals surface area contributed by atoms with E-state index in [0.29, 0.717) is 13.0 Å². The predicted octanol–water partition coefficient (Wildman–Crippen LogP) is 2.46. The minimum atomic E-state index is -5.68. The minimum absolute atomic E-state index is 0.00713. The first-order valence-electron chi connectivity index (χ1n) is 17.4. The molecule has 21 nitrogen and oxygen atoms in total. The lowest BCUT2D eigenvalue weighted by Gasteiger charge is -2.19. The number of hydrogen-bond acceptors (Lipinski definition) is 14. The number of amides is 1. The first-order chi connectivity index (χ1) is 27.3. The van der Waals surface area contributed by atoms with Crippen molar-refractivity contribution in [1.82, 2.24) is 29.4 Å². The van der Waals surface area contributed by atoms with E-state index in [1.807, 2.05) is 45.4 Å². The van der Waals surface area contributed by atoms with Gasteiger partial charge in [0.25, 0.3) is 5.56 Å². The van der Waals surface area contributed by atoms with Gasteiger partial charge in [0, 0.05) is 44.0 Å². The lowest BCUT2D eigenvalue weighted by atomic mass is 10.2. The zero-order chi connectivity index (χ0) is 42.0. The molecule has 1 amide bonds. The number of ether oxygens (including phenoxy) is 1. The number of hydrogen-bond donors (Lipinski definition) is 7. The van der Waals surface area contributed by atoms with Gasteiger partial charge in [-0.25, -0.2) is 23.3 Å². The number of benzene rings is 2. The van der Waals surface area contributed by atoms with Gasteiger partial charge in [0.1, 0.15) is 20.3 Å². The molecule has 4 atom stereocenters. The third-order valence-electron chi connectivity index (χ3n) is 8.73. The number of anilines is 2. The molecule has 25 heteroatoms. The topological polar surface area (TPSA) is 294 Å². The Balaban J connectivity index is 1.03. The summed E-state index contributed by atoms with van der Waals surface area (Å²) >= 11 is 1.68. The third kappa shape index (κ3) is 11.0. The van der Waals surface area contributed by atoms with E-state index in [2.05, 4.69) is 57.4 Å². The zero-order valence-corrected chi connectivity index (χ0v) is 34.7. The highest BCUT2D eigenvalue weighted by Gasteiger charge is 2.41. The molecule has 58 heavy (non-hydrogen) atoms. The number of nitrogens with zero attached hydrogens (tertiary/aromatic N) is 5. The summed E-state index contributed by atoms with van der Waals surface area (Å²) in [5.74, 6) is 5.36. The number of carbonyl (C=O) groups excluding carboxylic acids is 1. The molecule has 2 unspecified atom stereocenters. The van der Waals surface area contributed by atoms with E-state index in [1.54, 1.807) is 11.3 Å². The Kier molecular flexibility index (Phi) is 13.0. The fourth-order valence-corrected chi connectivity index (χ4v) is 10.2. The number of fused-ring (bicyclic) bond motifs is 3. The second kappa shape index (κ2) is 17.5. The number of aromatic nitrogens is 4. The van der Waals surface area contributed by atoms with Gasteiger partial charge in [-0.1, -0.05) is 11.8 Å². The van der Waals surface area contributed by atoms with Gasteiger partial charge in [-0.15, -0.1) is 11.3 Å². The Morgan fingerprint density at radius 1 is 1.12 bits per heavy atom. The Morgan fingerprint density at radius 3 is 2.64 bits per heavy atom. The molecule has 1 saturated heterocycles. The van der Waals surface area contributed by atoms with Gasteiger partial charge < -0.3 is 44.8 Å². The van der Waals surface area contributed by atoms with Crippen LogP contribution in [-0.4, -0.2) is 91.9 Å². The third-order valence-corrected chi connectivity index (χ3v) is 13.6. The van der Waals surface area contributed by atoms with Crippen LogP contribution >= 0.6 is 34.8 Å². The largest absolute Gasteiger partial charge is 0.490 e. The predicted molar refractivity (Wildman–Crippen MR) is 213 cm³/mol. The first-order valence-corrected chi connectivity index (χ1v) is 22.8. The van der Waals surface area contributed by atoms with Gasteiger partial charge in [0.05, 0.1) is 51.0 Å². The summed E-state index contributed by atoms with van der Waals surface area (Å²) < 4.78 is 57.3. The summed E-state index contributed by atoms with van der Waals surface area (Å²) in [5.41, 5.74) is 8.49. The number of phosphoric ester groups is 1. The van der Waals surface area contributed by atoms with Crippen LogP contribution in [0.25, 0.3) is 31.8 Å². The molecule has 1 aromatic carbocycles. The molecule has 2 aromatic heterocycles. The molecule has 1 fully saturated rings. The molecular formula is C33H40N8O13P3S+. The van der Waals surface area contributed by atoms with Crippen molar-refractivity contribution < 1.29 is 55.9 Å². The van der Waals surface area contributed by atoms with E-state index in [4.69, 9.17) is 29.8 Å². The Morgan fingerprint density at radius 2 is 1.90 bits per heavy atom. The van der Waals surface area contributed by atoms with E-state index in [9.17, 15) is 33.1 Å². The standard InChI is InChI=1S/C33H39N8O13P3S/c1-39(2)21-8-11-24-26(16-21)58-27-17-22(9-12-25(27)36-24)40(3)15-5-7-28(42)35-14-4-6-20-18-41(31-30(20)32(43)38-33(34)37-31)29-13-10-23(52-29)19-51-56(47,48)54-57(49,50)53-55(44,45)46/h8-9,11-12,16-18,23,29H,5,7,10,13-15,19H2,1-3H3,(H7-,34,35,37,38,42,43,44,45,46,47,48,49,50)/p+1/t23-,29+/m0/s1. The zero-order valence-electron chi connectivity index (χ0n) is 31.2. The fourth-order valence-electron chi connectivity index (χ4n) is 6.08. The van der Waals surface area contributed by atoms with Crippen molar-refractivity contribution in [3.8, 4) is 22.4 Å². The molecule has 0 spiro atoms. The fraction of sp³-hybridized carbons (Fsp3) is 0.364. The molecule has 0 saturated carbocycles. The van der Waals surface area contributed by atoms with Gasteiger partial charge in [0.15, 0.2) is 5.65 Å². The van der Waals surface area contributed by atoms with Crippen molar-refractivity contribution in [1.29, 1.82) is 0 Å². The number of rotatable bonds is 14. The van der Waals surface area contributed by atoms with Crippen molar-refractivity contribution in [2.45, 2.75) is 38.0 Å². The maximum Gasteiger partial charge on any atom is 0.490 e. The Labute approximate surface area is 333 Å². The molecule has 6 rings (SSSR count). The molecule has 1 aliphatic carbocycles. The van der Waals surface area contributed by atoms with Crippen molar-refractivity contribution in [2.75, 3.05) is 51.5 Å². The van der Waals surface area contributed by atoms with Gasteiger partial charge >= 0.3 is 23.5 Å². The van der Waals surface area contributed by atoms with Gasteiger partial charge in [-0.2, -0.15) is 13.6 Å². The molecule has 8 N–H and O–H groups in total. The molecule has 0 radical (unpaired) electrons. The molecule has 0 bridgehead atoms. The highest BCUT2D eigenvalue weighted by molar-refractivity contribution is 7.66. The van der Waals surface area contributed by atoms with Crippen molar-refractivity contribution >= 4 is 73.6 Å². The lowest BCUT2D eigenvalue weighted by molar-refractivity contribution is -0.120. The van der Waals surface area contributed by atoms with Crippen molar-refractivity contribution in [2.24, 2.45) is 0 Å². The maximum absolute atomic E-state index is 12.9. The average Bonchev–Trinajstić information content (AvgIpc) is 3.74. The van der Waals surface area contributed by atoms with Gasteiger partial charge in [-0.3, -0.25) is 19.1 Å².